The number of nitrogens with one attached hydrogen (secondary N) is 1. The number of anilines is 1. The molecule has 2 aromatic rings. The first-order valence-corrected chi connectivity index (χ1v) is 9.88. The summed E-state index contributed by atoms with van der Waals surface area (Å²) in [6, 6.07) is 4.17. The van der Waals surface area contributed by atoms with Gasteiger partial charge in [0.15, 0.2) is 0 Å². The van der Waals surface area contributed by atoms with Gasteiger partial charge in [0.1, 0.15) is 11.4 Å². The van der Waals surface area contributed by atoms with Crippen LogP contribution in [0.15, 0.2) is 24.1 Å². The van der Waals surface area contributed by atoms with Crippen LogP contribution < -0.4 is 4.90 Å². The van der Waals surface area contributed by atoms with Gasteiger partial charge in [-0.05, 0) is 38.0 Å². The summed E-state index contributed by atoms with van der Waals surface area (Å²) in [5.74, 6) is 2.45. The lowest BCUT2D eigenvalue weighted by atomic mass is 9.91. The first kappa shape index (κ1) is 16.8. The van der Waals surface area contributed by atoms with Gasteiger partial charge in [0.25, 0.3) is 0 Å². The number of morpholine rings is 1. The minimum absolute atomic E-state index is 0.0487. The summed E-state index contributed by atoms with van der Waals surface area (Å²) in [6.07, 6.45) is 7.29. The number of fused-ring (bicyclic) bond motifs is 1. The van der Waals surface area contributed by atoms with Crippen molar-refractivity contribution in [3.63, 3.8) is 0 Å². The van der Waals surface area contributed by atoms with Crippen LogP contribution in [0, 0.1) is 0 Å². The molecule has 1 aliphatic heterocycles. The van der Waals surface area contributed by atoms with Gasteiger partial charge in [0, 0.05) is 48.4 Å². The van der Waals surface area contributed by atoms with E-state index in [-0.39, 0.29) is 5.60 Å². The fourth-order valence-electron chi connectivity index (χ4n) is 3.93. The van der Waals surface area contributed by atoms with Crippen molar-refractivity contribution in [2.45, 2.75) is 44.6 Å². The first-order chi connectivity index (χ1) is 13.1. The Morgan fingerprint density at radius 2 is 2.11 bits per heavy atom. The number of hydrogen-bond donors (Lipinski definition) is 1. The van der Waals surface area contributed by atoms with Crippen molar-refractivity contribution >= 4 is 11.9 Å². The molecular weight excluding hydrogens is 340 g/mol. The van der Waals surface area contributed by atoms with Crippen molar-refractivity contribution in [1.82, 2.24) is 15.2 Å². The van der Waals surface area contributed by atoms with Crippen molar-refractivity contribution in [3.8, 4) is 11.3 Å². The van der Waals surface area contributed by atoms with Crippen molar-refractivity contribution in [3.05, 3.63) is 35.3 Å². The number of aromatic nitrogens is 3. The molecule has 27 heavy (non-hydrogen) atoms. The van der Waals surface area contributed by atoms with Gasteiger partial charge in [0.2, 0.25) is 0 Å². The van der Waals surface area contributed by atoms with E-state index in [1.807, 2.05) is 12.3 Å². The van der Waals surface area contributed by atoms with Gasteiger partial charge >= 0.3 is 0 Å². The van der Waals surface area contributed by atoms with Gasteiger partial charge in [-0.15, -0.1) is 0 Å². The summed E-state index contributed by atoms with van der Waals surface area (Å²) in [5, 5.41) is 7.92. The zero-order chi connectivity index (χ0) is 18.4. The van der Waals surface area contributed by atoms with E-state index in [4.69, 9.17) is 9.47 Å². The van der Waals surface area contributed by atoms with Crippen molar-refractivity contribution in [1.29, 1.82) is 0 Å². The highest BCUT2D eigenvalue weighted by Gasteiger charge is 2.41. The standard InChI is InChI=1S/C21H26N4O2/c1-14-11-16(27-21(2)4-5-21)13-17-19(14)23-24-20(17)15-3-6-22-18(12-15)25-7-9-26-10-8-25/h3,6,12-14H,4-5,7-11H2,1-2H3,(H,23,24). The monoisotopic (exact) mass is 366 g/mol. The van der Waals surface area contributed by atoms with Gasteiger partial charge in [-0.25, -0.2) is 4.98 Å². The predicted molar refractivity (Wildman–Crippen MR) is 105 cm³/mol. The maximum Gasteiger partial charge on any atom is 0.129 e. The van der Waals surface area contributed by atoms with Crippen LogP contribution in [0.4, 0.5) is 5.82 Å². The Bertz CT molecular complexity index is 878. The largest absolute Gasteiger partial charge is 0.492 e. The molecule has 0 bridgehead atoms. The molecular formula is C21H26N4O2. The molecule has 1 unspecified atom stereocenters. The average Bonchev–Trinajstić information content (AvgIpc) is 3.25. The number of H-pyrrole nitrogens is 1. The number of ether oxygens (including phenoxy) is 2. The van der Waals surface area contributed by atoms with Gasteiger partial charge in [0.05, 0.1) is 24.7 Å². The molecule has 0 aromatic carbocycles. The number of allylic oxidation sites excluding steroid dienone is 1. The predicted octanol–water partition coefficient (Wildman–Crippen LogP) is 3.73. The second kappa shape index (κ2) is 6.37. The molecule has 2 fully saturated rings. The van der Waals surface area contributed by atoms with Crippen LogP contribution in [-0.4, -0.2) is 47.1 Å². The summed E-state index contributed by atoms with van der Waals surface area (Å²) < 4.78 is 11.7. The van der Waals surface area contributed by atoms with Crippen LogP contribution in [0.3, 0.4) is 0 Å². The molecule has 3 aliphatic rings. The van der Waals surface area contributed by atoms with Crippen LogP contribution in [0.25, 0.3) is 17.3 Å². The fourth-order valence-corrected chi connectivity index (χ4v) is 3.93. The van der Waals surface area contributed by atoms with Gasteiger partial charge in [-0.1, -0.05) is 6.92 Å². The van der Waals surface area contributed by atoms with E-state index in [0.29, 0.717) is 5.92 Å². The van der Waals surface area contributed by atoms with Gasteiger partial charge < -0.3 is 14.4 Å². The molecule has 6 heteroatoms. The average molecular weight is 366 g/mol. The number of nitrogens with zero attached hydrogens (tertiary/aromatic N) is 3. The Morgan fingerprint density at radius 3 is 2.89 bits per heavy atom. The number of hydrogen-bond acceptors (Lipinski definition) is 5. The number of pyridine rings is 1. The third-order valence-corrected chi connectivity index (χ3v) is 5.82. The highest BCUT2D eigenvalue weighted by Crippen LogP contribution is 2.45. The van der Waals surface area contributed by atoms with E-state index < -0.39 is 0 Å². The molecule has 5 rings (SSSR count). The summed E-state index contributed by atoms with van der Waals surface area (Å²) in [7, 11) is 0. The lowest BCUT2D eigenvalue weighted by Crippen LogP contribution is -2.36. The van der Waals surface area contributed by atoms with E-state index in [9.17, 15) is 0 Å². The lowest BCUT2D eigenvalue weighted by molar-refractivity contribution is 0.103. The fraction of sp³-hybridized carbons (Fsp3) is 0.524. The molecule has 1 N–H and O–H groups in total. The third-order valence-electron chi connectivity index (χ3n) is 5.82. The molecule has 1 atom stereocenters. The summed E-state index contributed by atoms with van der Waals surface area (Å²) in [4.78, 5) is 6.83. The molecule has 6 nitrogen and oxygen atoms in total. The van der Waals surface area contributed by atoms with Crippen molar-refractivity contribution in [2.24, 2.45) is 0 Å². The SMILES string of the molecule is CC1CC(OC2(C)CC2)=Cc2c(-c3ccnc(N4CCOCC4)c3)n[nH]c21. The Morgan fingerprint density at radius 1 is 1.30 bits per heavy atom. The minimum Gasteiger partial charge on any atom is -0.492 e. The van der Waals surface area contributed by atoms with E-state index >= 15 is 0 Å². The molecule has 0 amide bonds. The molecule has 0 spiro atoms. The van der Waals surface area contributed by atoms with Crippen LogP contribution in [0.1, 0.15) is 50.3 Å². The van der Waals surface area contributed by atoms with Crippen molar-refractivity contribution in [2.75, 3.05) is 31.2 Å². The van der Waals surface area contributed by atoms with E-state index in [1.165, 1.54) is 5.69 Å². The smallest absolute Gasteiger partial charge is 0.129 e. The normalized spacial score (nSPS) is 23.6. The zero-order valence-electron chi connectivity index (χ0n) is 16.0. The van der Waals surface area contributed by atoms with Gasteiger partial charge in [-0.2, -0.15) is 5.10 Å². The second-order valence-corrected chi connectivity index (χ2v) is 8.17. The maximum atomic E-state index is 6.28. The molecule has 2 aliphatic carbocycles. The summed E-state index contributed by atoms with van der Waals surface area (Å²) >= 11 is 0. The molecule has 1 saturated heterocycles. The van der Waals surface area contributed by atoms with E-state index in [2.05, 4.69) is 46.1 Å². The van der Waals surface area contributed by atoms with Crippen LogP contribution in [-0.2, 0) is 9.47 Å². The third kappa shape index (κ3) is 3.23. The quantitative estimate of drug-likeness (QED) is 0.893. The summed E-state index contributed by atoms with van der Waals surface area (Å²) in [6.45, 7) is 7.69. The number of aromatic amines is 1. The topological polar surface area (TPSA) is 63.3 Å². The van der Waals surface area contributed by atoms with Crippen LogP contribution in [0.2, 0.25) is 0 Å². The van der Waals surface area contributed by atoms with E-state index in [1.54, 1.807) is 0 Å². The summed E-state index contributed by atoms with van der Waals surface area (Å²) in [5.41, 5.74) is 4.48. The Kier molecular flexibility index (Phi) is 3.97. The van der Waals surface area contributed by atoms with Crippen LogP contribution >= 0.6 is 0 Å². The second-order valence-electron chi connectivity index (χ2n) is 8.17. The first-order valence-electron chi connectivity index (χ1n) is 9.88. The Labute approximate surface area is 159 Å². The molecule has 2 aromatic heterocycles. The zero-order valence-corrected chi connectivity index (χ0v) is 16.0. The van der Waals surface area contributed by atoms with Gasteiger partial charge in [-0.3, -0.25) is 5.10 Å². The van der Waals surface area contributed by atoms with Crippen LogP contribution in [0.5, 0.6) is 0 Å². The van der Waals surface area contributed by atoms with E-state index in [0.717, 1.165) is 74.0 Å². The molecule has 0 radical (unpaired) electrons. The lowest BCUT2D eigenvalue weighted by Gasteiger charge is -2.28. The Balaban J connectivity index is 1.49. The molecule has 142 valence electrons. The number of rotatable bonds is 4. The van der Waals surface area contributed by atoms with Crippen molar-refractivity contribution < 1.29 is 9.47 Å². The molecule has 3 heterocycles. The minimum atomic E-state index is 0.0487. The highest BCUT2D eigenvalue weighted by molar-refractivity contribution is 5.76. The maximum absolute atomic E-state index is 6.28. The highest BCUT2D eigenvalue weighted by atomic mass is 16.5. The Hall–Kier alpha value is -2.34. The molecule has 1 saturated carbocycles.